The first-order valence-electron chi connectivity index (χ1n) is 11.5. The number of carbonyl (C=O) groups is 1. The molecule has 1 atom stereocenters. The Balaban J connectivity index is 1.81. The van der Waals surface area contributed by atoms with Crippen LogP contribution in [0, 0.1) is 6.92 Å². The predicted molar refractivity (Wildman–Crippen MR) is 128 cm³/mol. The zero-order valence-electron chi connectivity index (χ0n) is 19.3. The van der Waals surface area contributed by atoms with E-state index in [0.29, 0.717) is 40.6 Å². The third-order valence-electron chi connectivity index (χ3n) is 6.13. The molecule has 0 spiro atoms. The number of unbranched alkanes of at least 4 members (excludes halogenated alkanes) is 2. The Kier molecular flexibility index (Phi) is 7.26. The molecule has 4 rings (SSSR count). The molecule has 33 heavy (non-hydrogen) atoms. The van der Waals surface area contributed by atoms with Crippen LogP contribution in [0.3, 0.4) is 0 Å². The van der Waals surface area contributed by atoms with Gasteiger partial charge in [-0.15, -0.1) is 0 Å². The van der Waals surface area contributed by atoms with Crippen LogP contribution in [0.25, 0.3) is 22.4 Å². The molecule has 1 fully saturated rings. The number of pyridine rings is 1. The van der Waals surface area contributed by atoms with Gasteiger partial charge in [0.15, 0.2) is 0 Å². The molecule has 0 radical (unpaired) electrons. The van der Waals surface area contributed by atoms with Crippen molar-refractivity contribution in [2.45, 2.75) is 58.4 Å². The molecule has 1 aliphatic carbocycles. The second-order valence-corrected chi connectivity index (χ2v) is 9.64. The molecule has 1 saturated carbocycles. The summed E-state index contributed by atoms with van der Waals surface area (Å²) in [7, 11) is 1.60. The fourth-order valence-corrected chi connectivity index (χ4v) is 4.63. The highest BCUT2D eigenvalue weighted by molar-refractivity contribution is 7.76. The van der Waals surface area contributed by atoms with E-state index in [9.17, 15) is 13.6 Å². The van der Waals surface area contributed by atoms with Crippen molar-refractivity contribution in [2.75, 3.05) is 13.6 Å². The number of rotatable bonds is 10. The first kappa shape index (κ1) is 23.6. The van der Waals surface area contributed by atoms with E-state index in [2.05, 4.69) is 12.2 Å². The molecule has 1 amide bonds. The van der Waals surface area contributed by atoms with Crippen LogP contribution in [-0.2, 0) is 17.8 Å². The third-order valence-corrected chi connectivity index (χ3v) is 6.86. The van der Waals surface area contributed by atoms with Gasteiger partial charge in [-0.2, -0.15) is 0 Å². The van der Waals surface area contributed by atoms with Crippen LogP contribution in [0.2, 0.25) is 0 Å². The lowest BCUT2D eigenvalue weighted by atomic mass is 10.0. The molecular formula is C25H30N3O4S-. The Hall–Kier alpha value is -2.55. The highest BCUT2D eigenvalue weighted by Crippen LogP contribution is 2.44. The fourth-order valence-electron chi connectivity index (χ4n) is 4.12. The summed E-state index contributed by atoms with van der Waals surface area (Å²) >= 11 is -2.33. The van der Waals surface area contributed by atoms with Gasteiger partial charge in [0.25, 0.3) is 5.91 Å². The molecule has 2 aromatic heterocycles. The number of fused-ring (bicyclic) bond motifs is 1. The van der Waals surface area contributed by atoms with E-state index in [1.807, 2.05) is 37.3 Å². The molecule has 8 heteroatoms. The normalized spacial score (nSPS) is 14.7. The lowest BCUT2D eigenvalue weighted by Crippen LogP contribution is -2.27. The van der Waals surface area contributed by atoms with Crippen molar-refractivity contribution in [2.24, 2.45) is 0 Å². The molecular weight excluding hydrogens is 438 g/mol. The SMILES string of the molecule is CCCCCN(Cc1nc2oc(-c3ccc(C)cc3)c(C(=O)NC)c2cc1C1CC1)S(=O)[O-]. The number of aryl methyl sites for hydroxylation is 1. The number of furan rings is 1. The lowest BCUT2D eigenvalue weighted by Gasteiger charge is -2.24. The topological polar surface area (TPSA) is 98.5 Å². The van der Waals surface area contributed by atoms with E-state index >= 15 is 0 Å². The number of benzene rings is 1. The molecule has 1 aliphatic rings. The van der Waals surface area contributed by atoms with Gasteiger partial charge in [0.2, 0.25) is 5.71 Å². The van der Waals surface area contributed by atoms with E-state index in [0.717, 1.165) is 48.8 Å². The summed E-state index contributed by atoms with van der Waals surface area (Å²) in [5.74, 6) is 0.579. The molecule has 0 saturated heterocycles. The third kappa shape index (κ3) is 5.18. The van der Waals surface area contributed by atoms with Crippen molar-refractivity contribution >= 4 is 28.3 Å². The predicted octanol–water partition coefficient (Wildman–Crippen LogP) is 4.83. The maximum Gasteiger partial charge on any atom is 0.255 e. The molecule has 7 nitrogen and oxygen atoms in total. The van der Waals surface area contributed by atoms with Gasteiger partial charge >= 0.3 is 0 Å². The summed E-state index contributed by atoms with van der Waals surface area (Å²) in [6, 6.07) is 9.79. The minimum absolute atomic E-state index is 0.206. The minimum atomic E-state index is -2.33. The van der Waals surface area contributed by atoms with E-state index in [4.69, 9.17) is 9.40 Å². The van der Waals surface area contributed by atoms with Gasteiger partial charge < -0.3 is 14.3 Å². The number of nitrogens with one attached hydrogen (secondary N) is 1. The summed E-state index contributed by atoms with van der Waals surface area (Å²) in [6.07, 6.45) is 4.88. The highest BCUT2D eigenvalue weighted by atomic mass is 32.2. The Labute approximate surface area is 197 Å². The van der Waals surface area contributed by atoms with E-state index in [1.165, 1.54) is 4.31 Å². The summed E-state index contributed by atoms with van der Waals surface area (Å²) in [5, 5.41) is 3.38. The van der Waals surface area contributed by atoms with Crippen LogP contribution in [0.15, 0.2) is 34.7 Å². The number of hydrogen-bond acceptors (Lipinski definition) is 5. The van der Waals surface area contributed by atoms with Crippen molar-refractivity contribution in [3.8, 4) is 11.3 Å². The number of carbonyl (C=O) groups excluding carboxylic acids is 1. The average Bonchev–Trinajstić information content (AvgIpc) is 3.58. The molecule has 1 N–H and O–H groups in total. The van der Waals surface area contributed by atoms with Crippen molar-refractivity contribution in [1.82, 2.24) is 14.6 Å². The van der Waals surface area contributed by atoms with Crippen molar-refractivity contribution in [3.05, 3.63) is 52.7 Å². The van der Waals surface area contributed by atoms with Crippen molar-refractivity contribution in [3.63, 3.8) is 0 Å². The monoisotopic (exact) mass is 468 g/mol. The van der Waals surface area contributed by atoms with E-state index < -0.39 is 11.3 Å². The quantitative estimate of drug-likeness (QED) is 0.340. The van der Waals surface area contributed by atoms with Crippen LogP contribution < -0.4 is 5.32 Å². The molecule has 1 aromatic carbocycles. The van der Waals surface area contributed by atoms with Crippen LogP contribution in [-0.4, -0.2) is 37.6 Å². The van der Waals surface area contributed by atoms with Crippen LogP contribution >= 0.6 is 0 Å². The highest BCUT2D eigenvalue weighted by Gasteiger charge is 2.31. The lowest BCUT2D eigenvalue weighted by molar-refractivity contribution is 0.0964. The fraction of sp³-hybridized carbons (Fsp3) is 0.440. The van der Waals surface area contributed by atoms with Gasteiger partial charge in [0.05, 0.1) is 23.2 Å². The van der Waals surface area contributed by atoms with Gasteiger partial charge in [-0.1, -0.05) is 49.6 Å². The zero-order chi connectivity index (χ0) is 23.5. The summed E-state index contributed by atoms with van der Waals surface area (Å²) < 4.78 is 31.3. The van der Waals surface area contributed by atoms with Gasteiger partial charge in [0, 0.05) is 30.4 Å². The Morgan fingerprint density at radius 1 is 1.27 bits per heavy atom. The maximum atomic E-state index is 12.9. The second kappa shape index (κ2) is 10.2. The standard InChI is InChI=1S/C25H31N3O4S/c1-4-5-6-13-28(33(30)31)15-21-19(17-11-12-17)14-20-22(24(29)26-3)23(32-25(20)27-21)18-9-7-16(2)8-10-18/h7-10,14,17H,4-6,11-13,15H2,1-3H3,(H,26,29)(H,30,31)/p-1. The summed E-state index contributed by atoms with van der Waals surface area (Å²) in [4.78, 5) is 17.6. The second-order valence-electron chi connectivity index (χ2n) is 8.69. The van der Waals surface area contributed by atoms with Gasteiger partial charge in [-0.3, -0.25) is 9.00 Å². The summed E-state index contributed by atoms with van der Waals surface area (Å²) in [6.45, 7) is 4.76. The number of nitrogens with zero attached hydrogens (tertiary/aromatic N) is 2. The maximum absolute atomic E-state index is 12.9. The Morgan fingerprint density at radius 3 is 2.61 bits per heavy atom. The van der Waals surface area contributed by atoms with Gasteiger partial charge in [0.1, 0.15) is 5.76 Å². The summed E-state index contributed by atoms with van der Waals surface area (Å²) in [5.41, 5.74) is 4.45. The minimum Gasteiger partial charge on any atom is -0.760 e. The Morgan fingerprint density at radius 2 is 2.00 bits per heavy atom. The van der Waals surface area contributed by atoms with E-state index in [1.54, 1.807) is 7.05 Å². The largest absolute Gasteiger partial charge is 0.760 e. The molecule has 0 aliphatic heterocycles. The average molecular weight is 469 g/mol. The van der Waals surface area contributed by atoms with Crippen LogP contribution in [0.4, 0.5) is 0 Å². The molecule has 176 valence electrons. The van der Waals surface area contributed by atoms with Gasteiger partial charge in [-0.25, -0.2) is 9.29 Å². The van der Waals surface area contributed by atoms with Crippen molar-refractivity contribution in [1.29, 1.82) is 0 Å². The molecule has 3 aromatic rings. The van der Waals surface area contributed by atoms with Crippen LogP contribution in [0.1, 0.15) is 72.1 Å². The van der Waals surface area contributed by atoms with E-state index in [-0.39, 0.29) is 12.5 Å². The zero-order valence-corrected chi connectivity index (χ0v) is 20.2. The molecule has 0 bridgehead atoms. The molecule has 1 unspecified atom stereocenters. The number of aromatic nitrogens is 1. The van der Waals surface area contributed by atoms with Crippen molar-refractivity contribution < 1.29 is 18.0 Å². The Bertz CT molecular complexity index is 1170. The van der Waals surface area contributed by atoms with Gasteiger partial charge in [-0.05, 0) is 43.7 Å². The van der Waals surface area contributed by atoms with Crippen LogP contribution in [0.5, 0.6) is 0 Å². The first-order chi connectivity index (χ1) is 15.9. The first-order valence-corrected chi connectivity index (χ1v) is 12.6. The molecule has 2 heterocycles. The smallest absolute Gasteiger partial charge is 0.255 e. The number of amides is 1. The number of hydrogen-bond donors (Lipinski definition) is 1.